The number of hydrogen-bond donors (Lipinski definition) is 3. The third-order valence-electron chi connectivity index (χ3n) is 3.52. The van der Waals surface area contributed by atoms with E-state index >= 15 is 0 Å². The van der Waals surface area contributed by atoms with Crippen molar-refractivity contribution >= 4 is 11.6 Å². The molecule has 1 unspecified atom stereocenters. The summed E-state index contributed by atoms with van der Waals surface area (Å²) in [6, 6.07) is 7.37. The summed E-state index contributed by atoms with van der Waals surface area (Å²) in [6.45, 7) is 5.38. The first-order valence-electron chi connectivity index (χ1n) is 6.38. The summed E-state index contributed by atoms with van der Waals surface area (Å²) in [7, 11) is 0. The van der Waals surface area contributed by atoms with Gasteiger partial charge in [0, 0.05) is 17.8 Å². The van der Waals surface area contributed by atoms with Crippen LogP contribution in [0.3, 0.4) is 0 Å². The molecule has 1 aliphatic rings. The Bertz CT molecular complexity index is 432. The Kier molecular flexibility index (Phi) is 3.99. The Morgan fingerprint density at radius 3 is 2.78 bits per heavy atom. The summed E-state index contributed by atoms with van der Waals surface area (Å²) in [5, 5.41) is 15.8. The predicted molar refractivity (Wildman–Crippen MR) is 71.2 cm³/mol. The predicted octanol–water partition coefficient (Wildman–Crippen LogP) is 1.53. The number of rotatable bonds is 3. The molecule has 3 atom stereocenters. The van der Waals surface area contributed by atoms with Gasteiger partial charge >= 0.3 is 0 Å². The molecule has 0 spiro atoms. The van der Waals surface area contributed by atoms with Gasteiger partial charge in [-0.15, -0.1) is 0 Å². The van der Waals surface area contributed by atoms with Crippen molar-refractivity contribution in [2.24, 2.45) is 11.8 Å². The number of para-hydroxylation sites is 1. The molecule has 3 N–H and O–H groups in total. The zero-order chi connectivity index (χ0) is 13.1. The average Bonchev–Trinajstić information content (AvgIpc) is 2.76. The lowest BCUT2D eigenvalue weighted by Gasteiger charge is -2.17. The lowest BCUT2D eigenvalue weighted by molar-refractivity contribution is -0.120. The van der Waals surface area contributed by atoms with E-state index in [2.05, 4.69) is 17.6 Å². The van der Waals surface area contributed by atoms with E-state index in [0.717, 1.165) is 18.7 Å². The van der Waals surface area contributed by atoms with Crippen molar-refractivity contribution in [3.05, 3.63) is 29.8 Å². The Morgan fingerprint density at radius 2 is 2.17 bits per heavy atom. The van der Waals surface area contributed by atoms with Gasteiger partial charge in [-0.3, -0.25) is 4.79 Å². The minimum Gasteiger partial charge on any atom is -0.389 e. The van der Waals surface area contributed by atoms with E-state index in [1.807, 2.05) is 24.3 Å². The summed E-state index contributed by atoms with van der Waals surface area (Å²) in [5.41, 5.74) is 1.46. The number of carbonyl (C=O) groups excluding carboxylic acids is 1. The van der Waals surface area contributed by atoms with Gasteiger partial charge in [0.15, 0.2) is 0 Å². The second-order valence-corrected chi connectivity index (χ2v) is 4.99. The highest BCUT2D eigenvalue weighted by atomic mass is 16.3. The molecule has 1 saturated heterocycles. The van der Waals surface area contributed by atoms with Gasteiger partial charge in [0.25, 0.3) is 0 Å². The lowest BCUT2D eigenvalue weighted by atomic mass is 9.97. The zero-order valence-electron chi connectivity index (χ0n) is 10.8. The van der Waals surface area contributed by atoms with Gasteiger partial charge in [-0.2, -0.15) is 0 Å². The number of carbonyl (C=O) groups is 1. The molecule has 1 aliphatic heterocycles. The second kappa shape index (κ2) is 5.50. The van der Waals surface area contributed by atoms with Gasteiger partial charge in [-0.05, 0) is 25.5 Å². The first-order chi connectivity index (χ1) is 8.59. The van der Waals surface area contributed by atoms with Crippen LogP contribution in [0.4, 0.5) is 5.69 Å². The van der Waals surface area contributed by atoms with Gasteiger partial charge in [-0.25, -0.2) is 0 Å². The van der Waals surface area contributed by atoms with E-state index in [0.29, 0.717) is 11.6 Å². The summed E-state index contributed by atoms with van der Waals surface area (Å²) in [6.07, 6.45) is -0.583. The van der Waals surface area contributed by atoms with E-state index in [1.165, 1.54) is 0 Å². The first-order valence-corrected chi connectivity index (χ1v) is 6.38. The molecule has 0 aromatic heterocycles. The topological polar surface area (TPSA) is 61.4 Å². The van der Waals surface area contributed by atoms with Crippen molar-refractivity contribution in [2.75, 3.05) is 18.4 Å². The molecule has 4 heteroatoms. The van der Waals surface area contributed by atoms with Crippen LogP contribution in [0.25, 0.3) is 0 Å². The maximum absolute atomic E-state index is 12.2. The molecule has 1 aromatic rings. The number of aliphatic hydroxyl groups excluding tert-OH is 1. The number of anilines is 1. The van der Waals surface area contributed by atoms with E-state index in [4.69, 9.17) is 0 Å². The number of aliphatic hydroxyl groups is 1. The molecular weight excluding hydrogens is 228 g/mol. The fourth-order valence-corrected chi connectivity index (χ4v) is 2.36. The van der Waals surface area contributed by atoms with Gasteiger partial charge in [0.05, 0.1) is 12.0 Å². The summed E-state index contributed by atoms with van der Waals surface area (Å²) in [5.74, 6) is 0.386. The molecule has 98 valence electrons. The second-order valence-electron chi connectivity index (χ2n) is 4.99. The summed E-state index contributed by atoms with van der Waals surface area (Å²) < 4.78 is 0. The van der Waals surface area contributed by atoms with Crippen LogP contribution >= 0.6 is 0 Å². The van der Waals surface area contributed by atoms with E-state index in [-0.39, 0.29) is 11.8 Å². The Morgan fingerprint density at radius 1 is 1.44 bits per heavy atom. The van der Waals surface area contributed by atoms with Crippen molar-refractivity contribution in [3.8, 4) is 0 Å². The fourth-order valence-electron chi connectivity index (χ4n) is 2.36. The molecule has 1 heterocycles. The van der Waals surface area contributed by atoms with Crippen molar-refractivity contribution in [1.29, 1.82) is 0 Å². The molecule has 2 rings (SSSR count). The molecule has 0 radical (unpaired) electrons. The molecule has 1 fully saturated rings. The highest BCUT2D eigenvalue weighted by Crippen LogP contribution is 2.24. The molecule has 4 nitrogen and oxygen atoms in total. The van der Waals surface area contributed by atoms with Gasteiger partial charge in [-0.1, -0.05) is 25.1 Å². The van der Waals surface area contributed by atoms with Crippen LogP contribution in [0.1, 0.15) is 25.5 Å². The van der Waals surface area contributed by atoms with Crippen LogP contribution in [-0.2, 0) is 4.79 Å². The lowest BCUT2D eigenvalue weighted by Crippen LogP contribution is -2.28. The van der Waals surface area contributed by atoms with Gasteiger partial charge in [0.1, 0.15) is 0 Å². The van der Waals surface area contributed by atoms with Crippen molar-refractivity contribution in [2.45, 2.75) is 20.0 Å². The molecular formula is C14H20N2O2. The highest BCUT2D eigenvalue weighted by Gasteiger charge is 2.29. The molecule has 1 aromatic carbocycles. The summed E-state index contributed by atoms with van der Waals surface area (Å²) in [4.78, 5) is 12.2. The molecule has 1 amide bonds. The first kappa shape index (κ1) is 13.1. The Labute approximate surface area is 107 Å². The quantitative estimate of drug-likeness (QED) is 0.760. The van der Waals surface area contributed by atoms with Crippen LogP contribution in [-0.4, -0.2) is 24.1 Å². The maximum Gasteiger partial charge on any atom is 0.229 e. The Balaban J connectivity index is 2.11. The number of nitrogens with one attached hydrogen (secondary N) is 2. The van der Waals surface area contributed by atoms with Crippen LogP contribution in [0, 0.1) is 11.8 Å². The minimum atomic E-state index is -0.583. The third-order valence-corrected chi connectivity index (χ3v) is 3.52. The molecule has 0 bridgehead atoms. The minimum absolute atomic E-state index is 0.00653. The van der Waals surface area contributed by atoms with Crippen molar-refractivity contribution < 1.29 is 9.90 Å². The smallest absolute Gasteiger partial charge is 0.229 e. The van der Waals surface area contributed by atoms with E-state index in [1.54, 1.807) is 6.92 Å². The van der Waals surface area contributed by atoms with E-state index < -0.39 is 6.10 Å². The highest BCUT2D eigenvalue weighted by molar-refractivity contribution is 5.93. The monoisotopic (exact) mass is 248 g/mol. The van der Waals surface area contributed by atoms with Crippen LogP contribution in [0.15, 0.2) is 24.3 Å². The zero-order valence-corrected chi connectivity index (χ0v) is 10.8. The number of benzene rings is 1. The van der Waals surface area contributed by atoms with Gasteiger partial charge < -0.3 is 15.7 Å². The van der Waals surface area contributed by atoms with Crippen molar-refractivity contribution in [3.63, 3.8) is 0 Å². The van der Waals surface area contributed by atoms with Crippen molar-refractivity contribution in [1.82, 2.24) is 5.32 Å². The van der Waals surface area contributed by atoms with Gasteiger partial charge in [0.2, 0.25) is 5.91 Å². The summed E-state index contributed by atoms with van der Waals surface area (Å²) >= 11 is 0. The molecule has 0 saturated carbocycles. The third kappa shape index (κ3) is 2.71. The Hall–Kier alpha value is -1.39. The van der Waals surface area contributed by atoms with E-state index in [9.17, 15) is 9.90 Å². The van der Waals surface area contributed by atoms with Crippen LogP contribution in [0.2, 0.25) is 0 Å². The fraction of sp³-hybridized carbons (Fsp3) is 0.500. The normalized spacial score (nSPS) is 24.8. The maximum atomic E-state index is 12.2. The van der Waals surface area contributed by atoms with Crippen LogP contribution in [0.5, 0.6) is 0 Å². The van der Waals surface area contributed by atoms with Crippen LogP contribution < -0.4 is 10.6 Å². The largest absolute Gasteiger partial charge is 0.389 e. The SMILES string of the molecule is CC(O)c1ccccc1NC(=O)[C@@H]1CNC[C@H]1C. The molecule has 18 heavy (non-hydrogen) atoms. The average molecular weight is 248 g/mol. The number of hydrogen-bond acceptors (Lipinski definition) is 3. The number of amides is 1. The standard InChI is InChI=1S/C14H20N2O2/c1-9-7-15-8-12(9)14(18)16-13-6-4-3-5-11(13)10(2)17/h3-6,9-10,12,15,17H,7-8H2,1-2H3,(H,16,18)/t9-,10?,12-/m1/s1. The molecule has 0 aliphatic carbocycles.